The monoisotopic (exact) mass is 618 g/mol. The van der Waals surface area contributed by atoms with Crippen LogP contribution >= 0.6 is 0 Å². The fourth-order valence-corrected chi connectivity index (χ4v) is 6.86. The second-order valence-electron chi connectivity index (χ2n) is 9.04. The van der Waals surface area contributed by atoms with Crippen LogP contribution < -0.4 is 4.90 Å². The molecule has 15 heteroatoms. The third-order valence-electron chi connectivity index (χ3n) is 6.34. The molecular weight excluding hydrogens is 600 g/mol. The average Bonchev–Trinajstić information content (AvgIpc) is 2.91. The Balaban J connectivity index is 2.11. The van der Waals surface area contributed by atoms with Crippen LogP contribution in [0.5, 0.6) is 0 Å². The minimum atomic E-state index is -5.03. The third kappa shape index (κ3) is 5.32. The average molecular weight is 619 g/mol. The number of hydrogen-bond acceptors (Lipinski definition) is 6. The summed E-state index contributed by atoms with van der Waals surface area (Å²) in [5, 5.41) is 9.32. The van der Waals surface area contributed by atoms with Crippen LogP contribution in [-0.4, -0.2) is 33.4 Å². The molecule has 1 aliphatic rings. The Morgan fingerprint density at radius 2 is 1.64 bits per heavy atom. The number of nitrogens with zero attached hydrogens (tertiary/aromatic N) is 4. The maximum absolute atomic E-state index is 14.1. The highest BCUT2D eigenvalue weighted by Crippen LogP contribution is 2.45. The number of nitriles is 1. The van der Waals surface area contributed by atoms with Gasteiger partial charge in [0.1, 0.15) is 11.9 Å². The van der Waals surface area contributed by atoms with E-state index in [4.69, 9.17) is 6.57 Å². The molecule has 42 heavy (non-hydrogen) atoms. The molecule has 1 aliphatic heterocycles. The zero-order valence-electron chi connectivity index (χ0n) is 21.6. The lowest BCUT2D eigenvalue weighted by Crippen LogP contribution is -2.52. The van der Waals surface area contributed by atoms with E-state index in [1.165, 1.54) is 6.92 Å². The molecule has 0 radical (unpaired) electrons. The van der Waals surface area contributed by atoms with Crippen LogP contribution in [0, 0.1) is 23.7 Å². The van der Waals surface area contributed by atoms with Crippen molar-refractivity contribution in [1.82, 2.24) is 4.31 Å². The minimum Gasteiger partial charge on any atom is -0.277 e. The van der Waals surface area contributed by atoms with E-state index in [9.17, 15) is 44.5 Å². The number of alkyl halides is 3. The molecule has 0 spiro atoms. The lowest BCUT2D eigenvalue weighted by molar-refractivity contribution is -0.137. The second kappa shape index (κ2) is 10.6. The van der Waals surface area contributed by atoms with Crippen molar-refractivity contribution in [1.29, 1.82) is 5.26 Å². The zero-order chi connectivity index (χ0) is 31.2. The van der Waals surface area contributed by atoms with Crippen molar-refractivity contribution >= 4 is 31.6 Å². The van der Waals surface area contributed by atoms with Gasteiger partial charge in [-0.1, -0.05) is 12.1 Å². The highest BCUT2D eigenvalue weighted by molar-refractivity contribution is 7.91. The molecule has 0 aromatic heterocycles. The van der Waals surface area contributed by atoms with Gasteiger partial charge >= 0.3 is 12.2 Å². The quantitative estimate of drug-likeness (QED) is 0.270. The number of sulfonamides is 1. The maximum Gasteiger partial charge on any atom is 0.416 e. The molecule has 0 fully saturated rings. The Morgan fingerprint density at radius 3 is 2.19 bits per heavy atom. The van der Waals surface area contributed by atoms with Gasteiger partial charge in [-0.15, -0.1) is 0 Å². The third-order valence-corrected chi connectivity index (χ3v) is 9.24. The molecule has 0 aliphatic carbocycles. The molecule has 9 nitrogen and oxygen atoms in total. The number of urea groups is 1. The summed E-state index contributed by atoms with van der Waals surface area (Å²) in [5.74, 6) is -0.815. The van der Waals surface area contributed by atoms with Gasteiger partial charge in [-0.25, -0.2) is 35.2 Å². The van der Waals surface area contributed by atoms with E-state index in [2.05, 4.69) is 4.85 Å². The number of sulfone groups is 1. The fraction of sp³-hybridized carbons (Fsp3) is 0.148. The van der Waals surface area contributed by atoms with E-state index in [0.29, 0.717) is 11.0 Å². The van der Waals surface area contributed by atoms with Gasteiger partial charge in [0, 0.05) is 17.6 Å². The van der Waals surface area contributed by atoms with Crippen LogP contribution in [0.1, 0.15) is 29.7 Å². The van der Waals surface area contributed by atoms with Gasteiger partial charge in [-0.3, -0.25) is 4.90 Å². The van der Waals surface area contributed by atoms with Gasteiger partial charge < -0.3 is 0 Å². The number of benzene rings is 3. The molecule has 216 valence electrons. The summed E-state index contributed by atoms with van der Waals surface area (Å²) >= 11 is 0. The van der Waals surface area contributed by atoms with Crippen molar-refractivity contribution in [2.45, 2.75) is 28.9 Å². The summed E-state index contributed by atoms with van der Waals surface area (Å²) < 4.78 is 108. The summed E-state index contributed by atoms with van der Waals surface area (Å²) in [4.78, 5) is 16.9. The van der Waals surface area contributed by atoms with Gasteiger partial charge in [-0.2, -0.15) is 18.4 Å². The number of anilines is 1. The van der Waals surface area contributed by atoms with Crippen LogP contribution in [0.15, 0.2) is 87.9 Å². The largest absolute Gasteiger partial charge is 0.416 e. The van der Waals surface area contributed by atoms with Crippen molar-refractivity contribution in [3.63, 3.8) is 0 Å². The number of amides is 2. The second-order valence-corrected chi connectivity index (χ2v) is 12.8. The first-order valence-corrected chi connectivity index (χ1v) is 15.0. The predicted octanol–water partition coefficient (Wildman–Crippen LogP) is 5.64. The summed E-state index contributed by atoms with van der Waals surface area (Å²) in [6.45, 7) is 9.07. The number of carbonyl (C=O) groups excluding carboxylic acids is 1. The molecule has 0 saturated carbocycles. The van der Waals surface area contributed by atoms with E-state index >= 15 is 0 Å². The van der Waals surface area contributed by atoms with Crippen molar-refractivity contribution < 1.29 is 39.2 Å². The highest BCUT2D eigenvalue weighted by atomic mass is 32.2. The van der Waals surface area contributed by atoms with Gasteiger partial charge in [0.2, 0.25) is 5.70 Å². The standard InChI is InChI=1S/C27H18F4N4O5S2/c1-16-24(33-2)25(22-12-7-17(15-32)13-23(22)41(3,37)38)35(42(39,40)21-10-8-19(28)9-11-21)26(36)34(16)20-6-4-5-18(14-20)27(29,30)31/h4-14,25H,1,3H3/t25-/m1/s1. The molecule has 2 amide bonds. The van der Waals surface area contributed by atoms with Crippen molar-refractivity contribution in [3.05, 3.63) is 112 Å². The van der Waals surface area contributed by atoms with Crippen molar-refractivity contribution in [3.8, 4) is 6.07 Å². The molecular formula is C27H18F4N4O5S2. The summed E-state index contributed by atoms with van der Waals surface area (Å²) in [5.41, 5.74) is -2.84. The first-order chi connectivity index (χ1) is 19.5. The summed E-state index contributed by atoms with van der Waals surface area (Å²) in [7, 11) is -9.24. The maximum atomic E-state index is 14.1. The summed E-state index contributed by atoms with van der Waals surface area (Å²) in [6, 6.07) is 8.27. The number of halogens is 4. The van der Waals surface area contributed by atoms with E-state index < -0.39 is 70.7 Å². The molecule has 3 aromatic rings. The Kier molecular flexibility index (Phi) is 7.62. The topological polar surface area (TPSA) is 120 Å². The Hall–Kier alpha value is -4.73. The Morgan fingerprint density at radius 1 is 1.00 bits per heavy atom. The fourth-order valence-electron chi connectivity index (χ4n) is 4.43. The lowest BCUT2D eigenvalue weighted by Gasteiger charge is -2.41. The van der Waals surface area contributed by atoms with Crippen LogP contribution in [-0.2, 0) is 26.0 Å². The van der Waals surface area contributed by atoms with Crippen LogP contribution in [0.3, 0.4) is 0 Å². The van der Waals surface area contributed by atoms with Gasteiger partial charge in [0.25, 0.3) is 10.0 Å². The molecule has 1 atom stereocenters. The Labute approximate surface area is 238 Å². The molecule has 4 rings (SSSR count). The van der Waals surface area contributed by atoms with E-state index in [0.717, 1.165) is 66.9 Å². The van der Waals surface area contributed by atoms with Crippen LogP contribution in [0.25, 0.3) is 4.85 Å². The van der Waals surface area contributed by atoms with Crippen LogP contribution in [0.2, 0.25) is 0 Å². The van der Waals surface area contributed by atoms with E-state index in [1.54, 1.807) is 6.07 Å². The predicted molar refractivity (Wildman–Crippen MR) is 141 cm³/mol. The normalized spacial score (nSPS) is 16.3. The molecule has 1 heterocycles. The number of hydrogen-bond donors (Lipinski definition) is 0. The molecule has 3 aromatic carbocycles. The minimum absolute atomic E-state index is 0.120. The van der Waals surface area contributed by atoms with Crippen LogP contribution in [0.4, 0.5) is 28.0 Å². The van der Waals surface area contributed by atoms with E-state index in [-0.39, 0.29) is 21.1 Å². The molecule has 0 N–H and O–H groups in total. The molecule has 0 bridgehead atoms. The molecule has 0 saturated heterocycles. The Bertz CT molecular complexity index is 1940. The first kappa shape index (κ1) is 30.2. The first-order valence-electron chi connectivity index (χ1n) is 11.7. The molecule has 0 unspecified atom stereocenters. The number of allylic oxidation sites excluding steroid dienone is 1. The van der Waals surface area contributed by atoms with Gasteiger partial charge in [0.15, 0.2) is 9.84 Å². The van der Waals surface area contributed by atoms with Crippen molar-refractivity contribution in [2.24, 2.45) is 0 Å². The smallest absolute Gasteiger partial charge is 0.277 e. The lowest BCUT2D eigenvalue weighted by atomic mass is 9.98. The highest BCUT2D eigenvalue weighted by Gasteiger charge is 2.48. The number of carbonyl (C=O) groups is 1. The zero-order valence-corrected chi connectivity index (χ0v) is 23.2. The number of rotatable bonds is 5. The summed E-state index contributed by atoms with van der Waals surface area (Å²) in [6.07, 6.45) is -4.05. The van der Waals surface area contributed by atoms with Gasteiger partial charge in [0.05, 0.1) is 33.6 Å². The van der Waals surface area contributed by atoms with Gasteiger partial charge in [-0.05, 0) is 67.1 Å². The van der Waals surface area contributed by atoms with Crippen molar-refractivity contribution in [2.75, 3.05) is 11.2 Å². The SMILES string of the molecule is [C-]#[N+]C1=C(C)N(c2cccc(C(F)(F)F)c2)C(=O)N(S(=O)(=O)c2ccc(F)cc2)[C@@H]1c1ccc(C#N)cc1S(C)(=O)=O. The van der Waals surface area contributed by atoms with E-state index in [1.807, 2.05) is 0 Å².